The number of carbonyl (C=O) groups is 1. The predicted molar refractivity (Wildman–Crippen MR) is 98.0 cm³/mol. The maximum atomic E-state index is 12.5. The van der Waals surface area contributed by atoms with Gasteiger partial charge in [0.2, 0.25) is 5.91 Å². The van der Waals surface area contributed by atoms with Crippen LogP contribution in [0.4, 0.5) is 5.82 Å². The number of piperazine rings is 1. The van der Waals surface area contributed by atoms with Crippen molar-refractivity contribution in [3.05, 3.63) is 52.7 Å². The molecule has 5 nitrogen and oxygen atoms in total. The van der Waals surface area contributed by atoms with Crippen LogP contribution in [0.25, 0.3) is 0 Å². The number of halogens is 1. The van der Waals surface area contributed by atoms with E-state index < -0.39 is 0 Å². The molecule has 1 saturated carbocycles. The molecule has 1 amide bonds. The summed E-state index contributed by atoms with van der Waals surface area (Å²) in [7, 11) is 0. The Morgan fingerprint density at radius 1 is 1.04 bits per heavy atom. The molecular formula is C19H21ClN4O. The van der Waals surface area contributed by atoms with E-state index in [1.165, 1.54) is 12.8 Å². The molecule has 0 atom stereocenters. The molecule has 0 spiro atoms. The van der Waals surface area contributed by atoms with E-state index in [0.29, 0.717) is 30.5 Å². The van der Waals surface area contributed by atoms with Crippen molar-refractivity contribution in [1.29, 1.82) is 0 Å². The number of benzene rings is 1. The standard InChI is InChI=1S/C19H21ClN4O/c20-16-4-2-1-3-15(16)13-19(25)24-11-9-23(10-12-24)18-8-7-17(21-22-18)14-5-6-14/h1-4,7-8,14H,5-6,9-13H2. The highest BCUT2D eigenvalue weighted by Crippen LogP contribution is 2.38. The van der Waals surface area contributed by atoms with Crippen molar-refractivity contribution in [2.24, 2.45) is 0 Å². The van der Waals surface area contributed by atoms with Gasteiger partial charge in [-0.2, -0.15) is 5.10 Å². The van der Waals surface area contributed by atoms with E-state index in [1.807, 2.05) is 29.2 Å². The minimum Gasteiger partial charge on any atom is -0.352 e. The molecule has 1 aromatic heterocycles. The largest absolute Gasteiger partial charge is 0.352 e. The zero-order valence-corrected chi connectivity index (χ0v) is 14.8. The van der Waals surface area contributed by atoms with Crippen molar-refractivity contribution in [3.63, 3.8) is 0 Å². The first kappa shape index (κ1) is 16.3. The number of amides is 1. The highest BCUT2D eigenvalue weighted by molar-refractivity contribution is 6.31. The second-order valence-electron chi connectivity index (χ2n) is 6.73. The maximum Gasteiger partial charge on any atom is 0.227 e. The first-order valence-corrected chi connectivity index (χ1v) is 9.18. The van der Waals surface area contributed by atoms with Gasteiger partial charge in [0.15, 0.2) is 5.82 Å². The zero-order valence-electron chi connectivity index (χ0n) is 14.1. The highest BCUT2D eigenvalue weighted by atomic mass is 35.5. The fourth-order valence-electron chi connectivity index (χ4n) is 3.20. The van der Waals surface area contributed by atoms with Gasteiger partial charge in [-0.15, -0.1) is 5.10 Å². The average molecular weight is 357 g/mol. The van der Waals surface area contributed by atoms with Gasteiger partial charge >= 0.3 is 0 Å². The van der Waals surface area contributed by atoms with E-state index in [9.17, 15) is 4.79 Å². The third-order valence-corrected chi connectivity index (χ3v) is 5.29. The van der Waals surface area contributed by atoms with Crippen molar-refractivity contribution in [3.8, 4) is 0 Å². The highest BCUT2D eigenvalue weighted by Gasteiger charge is 2.26. The zero-order chi connectivity index (χ0) is 17.2. The van der Waals surface area contributed by atoms with Gasteiger partial charge in [-0.1, -0.05) is 29.8 Å². The maximum absolute atomic E-state index is 12.5. The fourth-order valence-corrected chi connectivity index (χ4v) is 3.41. The first-order valence-electron chi connectivity index (χ1n) is 8.80. The molecular weight excluding hydrogens is 336 g/mol. The summed E-state index contributed by atoms with van der Waals surface area (Å²) in [6.45, 7) is 2.97. The summed E-state index contributed by atoms with van der Waals surface area (Å²) in [6.07, 6.45) is 2.83. The second-order valence-corrected chi connectivity index (χ2v) is 7.13. The van der Waals surface area contributed by atoms with Crippen LogP contribution in [0.1, 0.15) is 30.0 Å². The number of aromatic nitrogens is 2. The third-order valence-electron chi connectivity index (χ3n) is 4.92. The van der Waals surface area contributed by atoms with Crippen LogP contribution in [0.2, 0.25) is 5.02 Å². The van der Waals surface area contributed by atoms with Crippen LogP contribution < -0.4 is 4.90 Å². The molecule has 2 heterocycles. The number of carbonyl (C=O) groups excluding carboxylic acids is 1. The molecule has 1 aliphatic carbocycles. The van der Waals surface area contributed by atoms with Crippen LogP contribution in [-0.2, 0) is 11.2 Å². The van der Waals surface area contributed by atoms with Gasteiger partial charge in [0.1, 0.15) is 0 Å². The quantitative estimate of drug-likeness (QED) is 0.845. The SMILES string of the molecule is O=C(Cc1ccccc1Cl)N1CCN(c2ccc(C3CC3)nn2)CC1. The molecule has 0 radical (unpaired) electrons. The van der Waals surface area contributed by atoms with Gasteiger partial charge in [0.05, 0.1) is 12.1 Å². The Labute approximate surface area is 152 Å². The van der Waals surface area contributed by atoms with Crippen molar-refractivity contribution in [1.82, 2.24) is 15.1 Å². The molecule has 2 fully saturated rings. The lowest BCUT2D eigenvalue weighted by Gasteiger charge is -2.35. The Morgan fingerprint density at radius 2 is 1.80 bits per heavy atom. The van der Waals surface area contributed by atoms with Crippen molar-refractivity contribution < 1.29 is 4.79 Å². The normalized spacial score (nSPS) is 17.6. The van der Waals surface area contributed by atoms with Crippen LogP contribution >= 0.6 is 11.6 Å². The van der Waals surface area contributed by atoms with E-state index in [2.05, 4.69) is 27.2 Å². The molecule has 0 bridgehead atoms. The molecule has 0 unspecified atom stereocenters. The summed E-state index contributed by atoms with van der Waals surface area (Å²) < 4.78 is 0. The Bertz CT molecular complexity index is 752. The Balaban J connectivity index is 1.33. The molecule has 1 aliphatic heterocycles. The van der Waals surface area contributed by atoms with Gasteiger partial charge in [-0.3, -0.25) is 4.79 Å². The van der Waals surface area contributed by atoms with Gasteiger partial charge in [-0.25, -0.2) is 0 Å². The van der Waals surface area contributed by atoms with Crippen LogP contribution in [0, 0.1) is 0 Å². The topological polar surface area (TPSA) is 49.3 Å². The summed E-state index contributed by atoms with van der Waals surface area (Å²) >= 11 is 6.16. The molecule has 6 heteroatoms. The summed E-state index contributed by atoms with van der Waals surface area (Å²) in [6, 6.07) is 11.7. The number of rotatable bonds is 4. The third kappa shape index (κ3) is 3.76. The van der Waals surface area contributed by atoms with Gasteiger partial charge < -0.3 is 9.80 Å². The molecule has 2 aromatic rings. The smallest absolute Gasteiger partial charge is 0.227 e. The van der Waals surface area contributed by atoms with Crippen molar-refractivity contribution in [2.45, 2.75) is 25.2 Å². The van der Waals surface area contributed by atoms with E-state index in [-0.39, 0.29) is 5.91 Å². The molecule has 130 valence electrons. The summed E-state index contributed by atoms with van der Waals surface area (Å²) in [5.41, 5.74) is 2.00. The van der Waals surface area contributed by atoms with Crippen molar-refractivity contribution in [2.75, 3.05) is 31.1 Å². The lowest BCUT2D eigenvalue weighted by atomic mass is 10.1. The molecule has 2 aliphatic rings. The fraction of sp³-hybridized carbons (Fsp3) is 0.421. The molecule has 0 N–H and O–H groups in total. The van der Waals surface area contributed by atoms with E-state index in [1.54, 1.807) is 0 Å². The second kappa shape index (κ2) is 7.00. The van der Waals surface area contributed by atoms with Crippen LogP contribution in [0.3, 0.4) is 0 Å². The van der Waals surface area contributed by atoms with Crippen molar-refractivity contribution >= 4 is 23.3 Å². The van der Waals surface area contributed by atoms with Gasteiger partial charge in [0, 0.05) is 37.1 Å². The molecule has 4 rings (SSSR count). The Morgan fingerprint density at radius 3 is 2.44 bits per heavy atom. The molecule has 1 aromatic carbocycles. The van der Waals surface area contributed by atoms with E-state index in [0.717, 1.165) is 30.2 Å². The predicted octanol–water partition coefficient (Wildman–Crippen LogP) is 2.90. The molecule has 25 heavy (non-hydrogen) atoms. The first-order chi connectivity index (χ1) is 12.2. The lowest BCUT2D eigenvalue weighted by molar-refractivity contribution is -0.130. The Kier molecular flexibility index (Phi) is 4.57. The van der Waals surface area contributed by atoms with Crippen LogP contribution in [0.5, 0.6) is 0 Å². The van der Waals surface area contributed by atoms with Crippen LogP contribution in [0.15, 0.2) is 36.4 Å². The number of hydrogen-bond acceptors (Lipinski definition) is 4. The van der Waals surface area contributed by atoms with Crippen LogP contribution in [-0.4, -0.2) is 47.2 Å². The average Bonchev–Trinajstić information content (AvgIpc) is 3.49. The summed E-state index contributed by atoms with van der Waals surface area (Å²) in [4.78, 5) is 16.6. The lowest BCUT2D eigenvalue weighted by Crippen LogP contribution is -2.49. The minimum atomic E-state index is 0.128. The number of hydrogen-bond donors (Lipinski definition) is 0. The summed E-state index contributed by atoms with van der Waals surface area (Å²) in [5, 5.41) is 9.37. The van der Waals surface area contributed by atoms with Gasteiger partial charge in [-0.05, 0) is 36.6 Å². The molecule has 1 saturated heterocycles. The number of anilines is 1. The van der Waals surface area contributed by atoms with E-state index in [4.69, 9.17) is 11.6 Å². The van der Waals surface area contributed by atoms with E-state index >= 15 is 0 Å². The Hall–Kier alpha value is -2.14. The number of nitrogens with zero attached hydrogens (tertiary/aromatic N) is 4. The van der Waals surface area contributed by atoms with Gasteiger partial charge in [0.25, 0.3) is 0 Å². The summed E-state index contributed by atoms with van der Waals surface area (Å²) in [5.74, 6) is 1.66. The monoisotopic (exact) mass is 356 g/mol. The minimum absolute atomic E-state index is 0.128.